The van der Waals surface area contributed by atoms with Crippen LogP contribution in [0.5, 0.6) is 11.5 Å². The van der Waals surface area contributed by atoms with Crippen molar-refractivity contribution in [2.24, 2.45) is 0 Å². The van der Waals surface area contributed by atoms with Crippen LogP contribution in [0.3, 0.4) is 0 Å². The fraction of sp³-hybridized carbons (Fsp3) is 0.400. The van der Waals surface area contributed by atoms with E-state index in [9.17, 15) is 0 Å². The summed E-state index contributed by atoms with van der Waals surface area (Å²) < 4.78 is 10.6. The number of ether oxygens (including phenoxy) is 2. The Bertz CT molecular complexity index is 327. The van der Waals surface area contributed by atoms with Gasteiger partial charge in [0.05, 0.1) is 25.9 Å². The standard InChI is InChI=1S/C10H13NO3/c1-13-7-2-3-10-9(4-7)11-5-8(6-12)14-10/h2-4,8,11-12H,5-6H2,1H3. The quantitative estimate of drug-likeness (QED) is 0.735. The SMILES string of the molecule is COc1ccc2c(c1)NCC(CO)O2. The second-order valence-corrected chi connectivity index (χ2v) is 3.17. The Kier molecular flexibility index (Phi) is 2.45. The van der Waals surface area contributed by atoms with Gasteiger partial charge in [0.1, 0.15) is 17.6 Å². The smallest absolute Gasteiger partial charge is 0.143 e. The van der Waals surface area contributed by atoms with Crippen LogP contribution >= 0.6 is 0 Å². The van der Waals surface area contributed by atoms with Gasteiger partial charge in [-0.2, -0.15) is 0 Å². The number of hydrogen-bond donors (Lipinski definition) is 2. The highest BCUT2D eigenvalue weighted by molar-refractivity contribution is 5.61. The van der Waals surface area contributed by atoms with Gasteiger partial charge in [-0.1, -0.05) is 0 Å². The normalized spacial score (nSPS) is 19.1. The molecule has 1 unspecified atom stereocenters. The van der Waals surface area contributed by atoms with E-state index in [2.05, 4.69) is 5.32 Å². The first-order valence-electron chi connectivity index (χ1n) is 4.53. The van der Waals surface area contributed by atoms with Crippen LogP contribution in [0.25, 0.3) is 0 Å². The van der Waals surface area contributed by atoms with E-state index in [0.717, 1.165) is 17.2 Å². The molecule has 0 radical (unpaired) electrons. The van der Waals surface area contributed by atoms with E-state index in [1.54, 1.807) is 7.11 Å². The summed E-state index contributed by atoms with van der Waals surface area (Å²) in [4.78, 5) is 0. The molecule has 1 aliphatic heterocycles. The zero-order valence-electron chi connectivity index (χ0n) is 7.99. The van der Waals surface area contributed by atoms with Crippen molar-refractivity contribution in [2.75, 3.05) is 25.6 Å². The summed E-state index contributed by atoms with van der Waals surface area (Å²) in [5, 5.41) is 12.1. The lowest BCUT2D eigenvalue weighted by Gasteiger charge is -2.26. The number of benzene rings is 1. The molecule has 0 bridgehead atoms. The maximum atomic E-state index is 8.93. The molecule has 0 fully saturated rings. The number of aliphatic hydroxyl groups is 1. The Labute approximate surface area is 82.5 Å². The van der Waals surface area contributed by atoms with Gasteiger partial charge in [-0.15, -0.1) is 0 Å². The van der Waals surface area contributed by atoms with Crippen LogP contribution in [0, 0.1) is 0 Å². The Morgan fingerprint density at radius 3 is 3.21 bits per heavy atom. The van der Waals surface area contributed by atoms with Crippen molar-refractivity contribution < 1.29 is 14.6 Å². The number of aliphatic hydroxyl groups excluding tert-OH is 1. The number of rotatable bonds is 2. The van der Waals surface area contributed by atoms with Gasteiger partial charge in [0.25, 0.3) is 0 Å². The van der Waals surface area contributed by atoms with Crippen molar-refractivity contribution in [3.05, 3.63) is 18.2 Å². The zero-order valence-corrected chi connectivity index (χ0v) is 7.99. The van der Waals surface area contributed by atoms with Crippen molar-refractivity contribution in [1.82, 2.24) is 0 Å². The second-order valence-electron chi connectivity index (χ2n) is 3.17. The van der Waals surface area contributed by atoms with Crippen molar-refractivity contribution in [2.45, 2.75) is 6.10 Å². The molecule has 1 aliphatic rings. The van der Waals surface area contributed by atoms with Gasteiger partial charge in [-0.3, -0.25) is 0 Å². The van der Waals surface area contributed by atoms with Crippen molar-refractivity contribution in [3.63, 3.8) is 0 Å². The largest absolute Gasteiger partial charge is 0.497 e. The molecular formula is C10H13NO3. The third-order valence-electron chi connectivity index (χ3n) is 2.20. The molecule has 14 heavy (non-hydrogen) atoms. The Morgan fingerprint density at radius 1 is 1.64 bits per heavy atom. The summed E-state index contributed by atoms with van der Waals surface area (Å²) in [6.07, 6.45) is -0.157. The van der Waals surface area contributed by atoms with Gasteiger partial charge in [0.2, 0.25) is 0 Å². The molecule has 0 aliphatic carbocycles. The summed E-state index contributed by atoms with van der Waals surface area (Å²) in [6.45, 7) is 0.648. The monoisotopic (exact) mass is 195 g/mol. The van der Waals surface area contributed by atoms with Gasteiger partial charge >= 0.3 is 0 Å². The number of anilines is 1. The minimum absolute atomic E-state index is 0.0263. The van der Waals surface area contributed by atoms with E-state index < -0.39 is 0 Å². The lowest BCUT2D eigenvalue weighted by Crippen LogP contribution is -2.33. The minimum atomic E-state index is -0.157. The molecular weight excluding hydrogens is 182 g/mol. The highest BCUT2D eigenvalue weighted by Crippen LogP contribution is 2.32. The van der Waals surface area contributed by atoms with Crippen molar-refractivity contribution >= 4 is 5.69 Å². The predicted octanol–water partition coefficient (Wildman–Crippen LogP) is 0.860. The molecule has 76 valence electrons. The Hall–Kier alpha value is -1.42. The predicted molar refractivity (Wildman–Crippen MR) is 53.0 cm³/mol. The maximum absolute atomic E-state index is 8.93. The number of methoxy groups -OCH3 is 1. The molecule has 4 nitrogen and oxygen atoms in total. The van der Waals surface area contributed by atoms with E-state index in [1.165, 1.54) is 0 Å². The van der Waals surface area contributed by atoms with Gasteiger partial charge in [0, 0.05) is 6.07 Å². The third-order valence-corrected chi connectivity index (χ3v) is 2.20. The number of fused-ring (bicyclic) bond motifs is 1. The van der Waals surface area contributed by atoms with Crippen LogP contribution < -0.4 is 14.8 Å². The molecule has 1 aromatic rings. The van der Waals surface area contributed by atoms with Crippen molar-refractivity contribution in [1.29, 1.82) is 0 Å². The van der Waals surface area contributed by atoms with Crippen LogP contribution in [0.15, 0.2) is 18.2 Å². The second kappa shape index (κ2) is 3.75. The molecule has 0 aromatic heterocycles. The molecule has 1 heterocycles. The van der Waals surface area contributed by atoms with Crippen LogP contribution in [-0.4, -0.2) is 31.5 Å². The van der Waals surface area contributed by atoms with Gasteiger partial charge in [-0.25, -0.2) is 0 Å². The molecule has 1 atom stereocenters. The molecule has 4 heteroatoms. The van der Waals surface area contributed by atoms with E-state index in [4.69, 9.17) is 14.6 Å². The molecule has 2 rings (SSSR count). The molecule has 0 spiro atoms. The highest BCUT2D eigenvalue weighted by atomic mass is 16.5. The summed E-state index contributed by atoms with van der Waals surface area (Å²) in [5.41, 5.74) is 0.911. The fourth-order valence-corrected chi connectivity index (χ4v) is 1.42. The Balaban J connectivity index is 2.23. The lowest BCUT2D eigenvalue weighted by molar-refractivity contribution is 0.120. The van der Waals surface area contributed by atoms with Crippen LogP contribution in [0.2, 0.25) is 0 Å². The summed E-state index contributed by atoms with van der Waals surface area (Å²) in [5.74, 6) is 1.55. The minimum Gasteiger partial charge on any atom is -0.497 e. The number of hydrogen-bond acceptors (Lipinski definition) is 4. The summed E-state index contributed by atoms with van der Waals surface area (Å²) in [7, 11) is 1.63. The van der Waals surface area contributed by atoms with Crippen LogP contribution in [0.4, 0.5) is 5.69 Å². The number of nitrogens with one attached hydrogen (secondary N) is 1. The van der Waals surface area contributed by atoms with E-state index >= 15 is 0 Å². The first-order valence-corrected chi connectivity index (χ1v) is 4.53. The fourth-order valence-electron chi connectivity index (χ4n) is 1.42. The molecule has 0 saturated carbocycles. The summed E-state index contributed by atoms with van der Waals surface area (Å²) >= 11 is 0. The third kappa shape index (κ3) is 1.61. The van der Waals surface area contributed by atoms with E-state index in [-0.39, 0.29) is 12.7 Å². The Morgan fingerprint density at radius 2 is 2.50 bits per heavy atom. The van der Waals surface area contributed by atoms with E-state index in [1.807, 2.05) is 18.2 Å². The average Bonchev–Trinajstić information content (AvgIpc) is 2.27. The molecule has 2 N–H and O–H groups in total. The van der Waals surface area contributed by atoms with Gasteiger partial charge < -0.3 is 19.9 Å². The maximum Gasteiger partial charge on any atom is 0.143 e. The van der Waals surface area contributed by atoms with Crippen LogP contribution in [0.1, 0.15) is 0 Å². The summed E-state index contributed by atoms with van der Waals surface area (Å²) in [6, 6.07) is 5.55. The molecule has 0 amide bonds. The molecule has 1 aromatic carbocycles. The zero-order chi connectivity index (χ0) is 9.97. The van der Waals surface area contributed by atoms with E-state index in [0.29, 0.717) is 6.54 Å². The van der Waals surface area contributed by atoms with Crippen LogP contribution in [-0.2, 0) is 0 Å². The first kappa shape index (κ1) is 9.15. The first-order chi connectivity index (χ1) is 6.83. The average molecular weight is 195 g/mol. The lowest BCUT2D eigenvalue weighted by atomic mass is 10.2. The van der Waals surface area contributed by atoms with Crippen molar-refractivity contribution in [3.8, 4) is 11.5 Å². The highest BCUT2D eigenvalue weighted by Gasteiger charge is 2.18. The molecule has 0 saturated heterocycles. The van der Waals surface area contributed by atoms with Gasteiger partial charge in [0.15, 0.2) is 0 Å². The topological polar surface area (TPSA) is 50.7 Å². The van der Waals surface area contributed by atoms with Gasteiger partial charge in [-0.05, 0) is 12.1 Å².